The highest BCUT2D eigenvalue weighted by Crippen LogP contribution is 2.14. The van der Waals surface area contributed by atoms with E-state index in [4.69, 9.17) is 0 Å². The van der Waals surface area contributed by atoms with Crippen molar-refractivity contribution in [1.82, 2.24) is 10.0 Å². The van der Waals surface area contributed by atoms with Gasteiger partial charge in [0.05, 0.1) is 5.75 Å². The van der Waals surface area contributed by atoms with Crippen molar-refractivity contribution in [1.29, 1.82) is 0 Å². The summed E-state index contributed by atoms with van der Waals surface area (Å²) in [7, 11) is -1.59. The normalized spacial score (nSPS) is 11.8. The summed E-state index contributed by atoms with van der Waals surface area (Å²) in [6, 6.07) is 3.31. The Morgan fingerprint density at radius 2 is 1.78 bits per heavy atom. The number of sulfonamides is 1. The van der Waals surface area contributed by atoms with Gasteiger partial charge in [0.2, 0.25) is 10.0 Å². The Hall–Kier alpha value is -0.980. The first-order valence-corrected chi connectivity index (χ1v) is 7.38. The summed E-state index contributed by atoms with van der Waals surface area (Å²) in [5, 5.41) is 2.78. The molecular formula is C12H19FN2O2S. The fraction of sp³-hybridized carbons (Fsp3) is 0.500. The second-order valence-electron chi connectivity index (χ2n) is 4.29. The first-order valence-electron chi connectivity index (χ1n) is 5.73. The minimum Gasteiger partial charge on any atom is -0.319 e. The van der Waals surface area contributed by atoms with E-state index in [1.165, 1.54) is 0 Å². The molecule has 1 aromatic rings. The van der Waals surface area contributed by atoms with E-state index >= 15 is 0 Å². The first-order chi connectivity index (χ1) is 8.35. The fourth-order valence-electron chi connectivity index (χ4n) is 1.64. The topological polar surface area (TPSA) is 58.2 Å². The van der Waals surface area contributed by atoms with Crippen molar-refractivity contribution < 1.29 is 12.8 Å². The number of halogens is 1. The Kier molecular flexibility index (Phi) is 5.25. The second-order valence-corrected chi connectivity index (χ2v) is 6.21. The Bertz CT molecular complexity index is 492. The Morgan fingerprint density at radius 1 is 1.22 bits per heavy atom. The molecule has 1 rings (SSSR count). The Morgan fingerprint density at radius 3 is 2.28 bits per heavy atom. The lowest BCUT2D eigenvalue weighted by Gasteiger charge is -2.09. The van der Waals surface area contributed by atoms with Crippen molar-refractivity contribution in [3.05, 3.63) is 34.6 Å². The van der Waals surface area contributed by atoms with Gasteiger partial charge in [0, 0.05) is 13.1 Å². The van der Waals surface area contributed by atoms with Gasteiger partial charge in [-0.2, -0.15) is 0 Å². The number of aryl methyl sites for hydroxylation is 2. The van der Waals surface area contributed by atoms with Crippen LogP contribution in [0.1, 0.15) is 16.7 Å². The molecule has 0 aromatic heterocycles. The molecule has 0 radical (unpaired) electrons. The van der Waals surface area contributed by atoms with Crippen molar-refractivity contribution >= 4 is 10.0 Å². The summed E-state index contributed by atoms with van der Waals surface area (Å²) in [5.74, 6) is -0.209. The maximum atomic E-state index is 13.4. The summed E-state index contributed by atoms with van der Waals surface area (Å²) in [4.78, 5) is 0. The van der Waals surface area contributed by atoms with Crippen molar-refractivity contribution in [2.24, 2.45) is 0 Å². The molecule has 0 heterocycles. The van der Waals surface area contributed by atoms with Gasteiger partial charge in [-0.1, -0.05) is 12.1 Å². The van der Waals surface area contributed by atoms with Gasteiger partial charge in [0.25, 0.3) is 0 Å². The van der Waals surface area contributed by atoms with Crippen LogP contribution in [0.2, 0.25) is 0 Å². The molecule has 0 amide bonds. The second kappa shape index (κ2) is 6.26. The Labute approximate surface area is 108 Å². The van der Waals surface area contributed by atoms with Crippen LogP contribution in [-0.4, -0.2) is 27.8 Å². The summed E-state index contributed by atoms with van der Waals surface area (Å²) in [5.41, 5.74) is 1.82. The number of nitrogens with one attached hydrogen (secondary N) is 2. The van der Waals surface area contributed by atoms with Crippen LogP contribution in [0, 0.1) is 19.7 Å². The monoisotopic (exact) mass is 274 g/mol. The van der Waals surface area contributed by atoms with Crippen molar-refractivity contribution in [3.63, 3.8) is 0 Å². The predicted molar refractivity (Wildman–Crippen MR) is 70.4 cm³/mol. The van der Waals surface area contributed by atoms with Crippen LogP contribution in [0.5, 0.6) is 0 Å². The maximum absolute atomic E-state index is 13.4. The molecule has 0 aliphatic rings. The summed E-state index contributed by atoms with van der Waals surface area (Å²) < 4.78 is 39.0. The van der Waals surface area contributed by atoms with E-state index in [-0.39, 0.29) is 18.1 Å². The van der Waals surface area contributed by atoms with Gasteiger partial charge in [-0.25, -0.2) is 17.5 Å². The lowest BCUT2D eigenvalue weighted by Crippen LogP contribution is -2.30. The van der Waals surface area contributed by atoms with E-state index in [2.05, 4.69) is 10.0 Å². The van der Waals surface area contributed by atoms with Crippen LogP contribution in [0.3, 0.4) is 0 Å². The highest BCUT2D eigenvalue weighted by molar-refractivity contribution is 7.89. The largest absolute Gasteiger partial charge is 0.319 e. The van der Waals surface area contributed by atoms with Crippen LogP contribution in [0.4, 0.5) is 4.39 Å². The molecular weight excluding hydrogens is 255 g/mol. The molecule has 0 saturated heterocycles. The van der Waals surface area contributed by atoms with Crippen LogP contribution in [0.15, 0.2) is 12.1 Å². The summed E-state index contributed by atoms with van der Waals surface area (Å²) >= 11 is 0. The van der Waals surface area contributed by atoms with Crippen molar-refractivity contribution in [3.8, 4) is 0 Å². The average Bonchev–Trinajstić information content (AvgIpc) is 2.31. The standard InChI is InChI=1S/C12H19FN2O2S/c1-9-6-11(7-10(2)12(9)13)8-15-18(16,17)5-4-14-3/h6-7,14-15H,4-5,8H2,1-3H3. The third-order valence-electron chi connectivity index (χ3n) is 2.61. The van der Waals surface area contributed by atoms with Gasteiger partial charge in [-0.3, -0.25) is 0 Å². The van der Waals surface area contributed by atoms with Gasteiger partial charge < -0.3 is 5.32 Å². The van der Waals surface area contributed by atoms with Crippen molar-refractivity contribution in [2.75, 3.05) is 19.3 Å². The molecule has 0 atom stereocenters. The molecule has 0 spiro atoms. The molecule has 0 bridgehead atoms. The average molecular weight is 274 g/mol. The lowest BCUT2D eigenvalue weighted by atomic mass is 10.1. The molecule has 0 aliphatic carbocycles. The number of rotatable bonds is 6. The molecule has 1 aromatic carbocycles. The van der Waals surface area contributed by atoms with Gasteiger partial charge in [0.15, 0.2) is 0 Å². The van der Waals surface area contributed by atoms with E-state index in [0.29, 0.717) is 17.7 Å². The lowest BCUT2D eigenvalue weighted by molar-refractivity contribution is 0.578. The molecule has 102 valence electrons. The smallest absolute Gasteiger partial charge is 0.213 e. The van der Waals surface area contributed by atoms with E-state index in [1.54, 1.807) is 33.0 Å². The molecule has 0 aliphatic heterocycles. The van der Waals surface area contributed by atoms with Gasteiger partial charge >= 0.3 is 0 Å². The van der Waals surface area contributed by atoms with Crippen molar-refractivity contribution in [2.45, 2.75) is 20.4 Å². The molecule has 0 saturated carbocycles. The molecule has 0 fully saturated rings. The Balaban J connectivity index is 2.69. The van der Waals surface area contributed by atoms with Gasteiger partial charge in [0.1, 0.15) is 5.82 Å². The van der Waals surface area contributed by atoms with Crippen LogP contribution in [0.25, 0.3) is 0 Å². The summed E-state index contributed by atoms with van der Waals surface area (Å²) in [6.07, 6.45) is 0. The maximum Gasteiger partial charge on any atom is 0.213 e. The van der Waals surface area contributed by atoms with Gasteiger partial charge in [-0.05, 0) is 37.6 Å². The third kappa shape index (κ3) is 4.36. The van der Waals surface area contributed by atoms with E-state index < -0.39 is 10.0 Å². The zero-order valence-electron chi connectivity index (χ0n) is 10.9. The predicted octanol–water partition coefficient (Wildman–Crippen LogP) is 1.08. The van der Waals surface area contributed by atoms with Crippen LogP contribution < -0.4 is 10.0 Å². The van der Waals surface area contributed by atoms with Gasteiger partial charge in [-0.15, -0.1) is 0 Å². The molecule has 0 unspecified atom stereocenters. The zero-order chi connectivity index (χ0) is 13.8. The zero-order valence-corrected chi connectivity index (χ0v) is 11.7. The molecule has 2 N–H and O–H groups in total. The first kappa shape index (κ1) is 15.1. The quantitative estimate of drug-likeness (QED) is 0.816. The van der Waals surface area contributed by atoms with Crippen LogP contribution >= 0.6 is 0 Å². The minimum absolute atomic E-state index is 0.0304. The number of benzene rings is 1. The molecule has 4 nitrogen and oxygen atoms in total. The van der Waals surface area contributed by atoms with Crippen LogP contribution in [-0.2, 0) is 16.6 Å². The minimum atomic E-state index is -3.28. The molecule has 18 heavy (non-hydrogen) atoms. The SMILES string of the molecule is CNCCS(=O)(=O)NCc1cc(C)c(F)c(C)c1. The van der Waals surface area contributed by atoms with E-state index in [9.17, 15) is 12.8 Å². The summed E-state index contributed by atoms with van der Waals surface area (Å²) in [6.45, 7) is 3.92. The van der Waals surface area contributed by atoms with E-state index in [1.807, 2.05) is 0 Å². The van der Waals surface area contributed by atoms with E-state index in [0.717, 1.165) is 5.56 Å². The highest BCUT2D eigenvalue weighted by Gasteiger charge is 2.10. The fourth-order valence-corrected chi connectivity index (χ4v) is 2.64. The third-order valence-corrected chi connectivity index (χ3v) is 3.94. The molecule has 6 heteroatoms. The highest BCUT2D eigenvalue weighted by atomic mass is 32.2. The number of hydrogen-bond donors (Lipinski definition) is 2. The number of hydrogen-bond acceptors (Lipinski definition) is 3.